The van der Waals surface area contributed by atoms with Gasteiger partial charge in [0.1, 0.15) is 17.5 Å². The van der Waals surface area contributed by atoms with E-state index in [9.17, 15) is 8.78 Å². The third kappa shape index (κ3) is 2.28. The van der Waals surface area contributed by atoms with Crippen molar-refractivity contribution >= 4 is 38.6 Å². The van der Waals surface area contributed by atoms with Crippen LogP contribution in [0.2, 0.25) is 5.02 Å². The first-order valence-corrected chi connectivity index (χ1v) is 8.20. The van der Waals surface area contributed by atoms with E-state index < -0.39 is 11.6 Å². The number of hydrogen-bond acceptors (Lipinski definition) is 2. The van der Waals surface area contributed by atoms with Crippen molar-refractivity contribution in [3.8, 4) is 0 Å². The molecule has 0 unspecified atom stereocenters. The summed E-state index contributed by atoms with van der Waals surface area (Å²) < 4.78 is 30.1. The number of nitrogens with two attached hydrogens (primary N) is 1. The summed E-state index contributed by atoms with van der Waals surface area (Å²) in [6.07, 6.45) is 0.492. The van der Waals surface area contributed by atoms with Gasteiger partial charge in [0.25, 0.3) is 0 Å². The minimum absolute atomic E-state index is 0.317. The second-order valence-corrected chi connectivity index (χ2v) is 6.90. The fourth-order valence-electron chi connectivity index (χ4n) is 3.24. The first-order valence-electron chi connectivity index (χ1n) is 7.03. The molecule has 2 atom stereocenters. The third-order valence-corrected chi connectivity index (χ3v) is 5.07. The minimum Gasteiger partial charge on any atom is -0.321 e. The molecule has 0 amide bonds. The van der Waals surface area contributed by atoms with Crippen molar-refractivity contribution in [3.05, 3.63) is 62.8 Å². The molecule has 1 aliphatic heterocycles. The van der Waals surface area contributed by atoms with Gasteiger partial charge in [-0.1, -0.05) is 27.5 Å². The molecule has 2 heterocycles. The second kappa shape index (κ2) is 5.26. The highest BCUT2D eigenvalue weighted by Crippen LogP contribution is 2.43. The summed E-state index contributed by atoms with van der Waals surface area (Å²) in [6.45, 7) is 0. The fraction of sp³-hybridized carbons (Fsp3) is 0.188. The zero-order chi connectivity index (χ0) is 16.3. The molecular weight excluding hydrogens is 388 g/mol. The highest BCUT2D eigenvalue weighted by atomic mass is 79.9. The Kier molecular flexibility index (Phi) is 3.44. The molecule has 0 fully saturated rings. The molecule has 0 bridgehead atoms. The first kappa shape index (κ1) is 15.1. The Morgan fingerprint density at radius 1 is 1.26 bits per heavy atom. The van der Waals surface area contributed by atoms with Gasteiger partial charge in [0.05, 0.1) is 23.1 Å². The summed E-state index contributed by atoms with van der Waals surface area (Å²) in [4.78, 5) is 4.54. The van der Waals surface area contributed by atoms with Crippen LogP contribution in [0.3, 0.4) is 0 Å². The van der Waals surface area contributed by atoms with Crippen LogP contribution in [0.25, 0.3) is 11.0 Å². The van der Waals surface area contributed by atoms with Gasteiger partial charge in [-0.2, -0.15) is 0 Å². The van der Waals surface area contributed by atoms with Crippen molar-refractivity contribution in [2.75, 3.05) is 0 Å². The van der Waals surface area contributed by atoms with Crippen LogP contribution >= 0.6 is 27.5 Å². The number of benzene rings is 2. The minimum atomic E-state index is -0.626. The number of hydrogen-bond donors (Lipinski definition) is 1. The summed E-state index contributed by atoms with van der Waals surface area (Å²) >= 11 is 9.35. The fourth-order valence-corrected chi connectivity index (χ4v) is 4.08. The molecule has 1 aliphatic rings. The van der Waals surface area contributed by atoms with Crippen molar-refractivity contribution in [2.24, 2.45) is 5.73 Å². The van der Waals surface area contributed by atoms with Crippen LogP contribution in [0, 0.1) is 11.6 Å². The standard InChI is InChI=1S/C16H11BrClF2N3/c17-9-4-8(19)5-10(20)15(9)14-6-11(21)16-22-12-2-1-7(18)3-13(12)23(14)16/h1-5,11,14H,6,21H2/t11-,14-/m1/s1. The monoisotopic (exact) mass is 397 g/mol. The van der Waals surface area contributed by atoms with E-state index in [1.807, 2.05) is 10.6 Å². The summed E-state index contributed by atoms with van der Waals surface area (Å²) in [5.41, 5.74) is 8.10. The van der Waals surface area contributed by atoms with Gasteiger partial charge < -0.3 is 10.3 Å². The van der Waals surface area contributed by atoms with Crippen LogP contribution in [0.5, 0.6) is 0 Å². The molecule has 1 aromatic heterocycles. The van der Waals surface area contributed by atoms with E-state index >= 15 is 0 Å². The van der Waals surface area contributed by atoms with Crippen molar-refractivity contribution < 1.29 is 8.78 Å². The van der Waals surface area contributed by atoms with Gasteiger partial charge in [0.2, 0.25) is 0 Å². The van der Waals surface area contributed by atoms with Gasteiger partial charge in [-0.3, -0.25) is 0 Å². The highest BCUT2D eigenvalue weighted by Gasteiger charge is 2.35. The van der Waals surface area contributed by atoms with E-state index in [0.29, 0.717) is 27.3 Å². The number of halogens is 4. The van der Waals surface area contributed by atoms with Gasteiger partial charge >= 0.3 is 0 Å². The van der Waals surface area contributed by atoms with E-state index in [4.69, 9.17) is 17.3 Å². The van der Waals surface area contributed by atoms with Gasteiger partial charge in [0.15, 0.2) is 0 Å². The lowest BCUT2D eigenvalue weighted by Gasteiger charge is -2.17. The second-order valence-electron chi connectivity index (χ2n) is 5.61. The lowest BCUT2D eigenvalue weighted by molar-refractivity contribution is 0.524. The molecule has 23 heavy (non-hydrogen) atoms. The van der Waals surface area contributed by atoms with Gasteiger partial charge in [-0.25, -0.2) is 13.8 Å². The Labute approximate surface area is 144 Å². The van der Waals surface area contributed by atoms with Crippen molar-refractivity contribution in [3.63, 3.8) is 0 Å². The molecule has 0 spiro atoms. The molecule has 0 aliphatic carbocycles. The van der Waals surface area contributed by atoms with E-state index in [2.05, 4.69) is 20.9 Å². The lowest BCUT2D eigenvalue weighted by atomic mass is 10.0. The molecule has 2 aromatic carbocycles. The van der Waals surface area contributed by atoms with E-state index in [-0.39, 0.29) is 12.1 Å². The van der Waals surface area contributed by atoms with Crippen LogP contribution in [0.4, 0.5) is 8.78 Å². The predicted molar refractivity (Wildman–Crippen MR) is 88.5 cm³/mol. The number of nitrogens with zero attached hydrogens (tertiary/aromatic N) is 2. The van der Waals surface area contributed by atoms with Crippen LogP contribution in [-0.2, 0) is 0 Å². The quantitative estimate of drug-likeness (QED) is 0.644. The van der Waals surface area contributed by atoms with Gasteiger partial charge in [-0.05, 0) is 30.7 Å². The van der Waals surface area contributed by atoms with Crippen LogP contribution in [0.15, 0.2) is 34.8 Å². The molecule has 2 N–H and O–H groups in total. The zero-order valence-electron chi connectivity index (χ0n) is 11.7. The van der Waals surface area contributed by atoms with E-state index in [1.165, 1.54) is 6.07 Å². The van der Waals surface area contributed by atoms with Gasteiger partial charge in [-0.15, -0.1) is 0 Å². The summed E-state index contributed by atoms with van der Waals surface area (Å²) in [5, 5.41) is 0.568. The van der Waals surface area contributed by atoms with Gasteiger partial charge in [0, 0.05) is 21.1 Å². The van der Waals surface area contributed by atoms with Crippen molar-refractivity contribution in [2.45, 2.75) is 18.5 Å². The molecule has 0 saturated heterocycles. The van der Waals surface area contributed by atoms with Crippen LogP contribution in [-0.4, -0.2) is 9.55 Å². The maximum atomic E-state index is 14.4. The zero-order valence-corrected chi connectivity index (χ0v) is 14.1. The molecule has 3 nitrogen and oxygen atoms in total. The maximum Gasteiger partial charge on any atom is 0.132 e. The molecule has 3 aromatic rings. The summed E-state index contributed by atoms with van der Waals surface area (Å²) in [7, 11) is 0. The molecule has 118 valence electrons. The summed E-state index contributed by atoms with van der Waals surface area (Å²) in [6, 6.07) is 6.81. The van der Waals surface area contributed by atoms with Crippen molar-refractivity contribution in [1.82, 2.24) is 9.55 Å². The first-order chi connectivity index (χ1) is 11.0. The molecule has 7 heteroatoms. The Hall–Kier alpha value is -1.50. The highest BCUT2D eigenvalue weighted by molar-refractivity contribution is 9.10. The number of imidazole rings is 1. The van der Waals surface area contributed by atoms with Crippen molar-refractivity contribution in [1.29, 1.82) is 0 Å². The Bertz CT molecular complexity index is 917. The average molecular weight is 399 g/mol. The Morgan fingerprint density at radius 3 is 2.78 bits per heavy atom. The molecule has 4 rings (SSSR count). The Balaban J connectivity index is 1.98. The normalized spacial score (nSPS) is 20.2. The number of fused-ring (bicyclic) bond motifs is 3. The average Bonchev–Trinajstić information content (AvgIpc) is 2.97. The topological polar surface area (TPSA) is 43.8 Å². The number of rotatable bonds is 1. The third-order valence-electron chi connectivity index (χ3n) is 4.18. The van der Waals surface area contributed by atoms with E-state index in [0.717, 1.165) is 17.1 Å². The summed E-state index contributed by atoms with van der Waals surface area (Å²) in [5.74, 6) is -0.548. The van der Waals surface area contributed by atoms with Crippen LogP contribution < -0.4 is 5.73 Å². The molecule has 0 saturated carbocycles. The Morgan fingerprint density at radius 2 is 2.04 bits per heavy atom. The van der Waals surface area contributed by atoms with E-state index in [1.54, 1.807) is 12.1 Å². The SMILES string of the molecule is N[C@@H]1C[C@H](c2c(F)cc(F)cc2Br)n2c1nc1ccc(Cl)cc12. The maximum absolute atomic E-state index is 14.4. The smallest absolute Gasteiger partial charge is 0.132 e. The largest absolute Gasteiger partial charge is 0.321 e. The molecule has 0 radical (unpaired) electrons. The van der Waals surface area contributed by atoms with Crippen LogP contribution in [0.1, 0.15) is 29.9 Å². The number of aromatic nitrogens is 2. The molecular formula is C16H11BrClF2N3. The lowest BCUT2D eigenvalue weighted by Crippen LogP contribution is -2.10. The predicted octanol–water partition coefficient (Wildman–Crippen LogP) is 4.72.